The van der Waals surface area contributed by atoms with Gasteiger partial charge in [-0.25, -0.2) is 21.6 Å². The number of hydrogen-bond donors (Lipinski definition) is 1. The van der Waals surface area contributed by atoms with Gasteiger partial charge in [0.15, 0.2) is 0 Å². The van der Waals surface area contributed by atoms with Crippen LogP contribution in [0.2, 0.25) is 0 Å². The number of benzene rings is 1. The molecule has 132 valence electrons. The van der Waals surface area contributed by atoms with Gasteiger partial charge < -0.3 is 0 Å². The predicted octanol–water partition coefficient (Wildman–Crippen LogP) is 1.79. The number of sulfonamides is 2. The van der Waals surface area contributed by atoms with Crippen LogP contribution in [0.4, 0.5) is 5.69 Å². The topological polar surface area (TPSA) is 83.6 Å². The Bertz CT molecular complexity index is 728. The van der Waals surface area contributed by atoms with Gasteiger partial charge in [-0.1, -0.05) is 25.5 Å². The maximum atomic E-state index is 12.1. The quantitative estimate of drug-likeness (QED) is 0.726. The second-order valence-corrected chi connectivity index (χ2v) is 9.53. The van der Waals surface area contributed by atoms with Crippen LogP contribution in [0.3, 0.4) is 0 Å². The summed E-state index contributed by atoms with van der Waals surface area (Å²) in [4.78, 5) is 0. The van der Waals surface area contributed by atoms with Crippen LogP contribution < -0.4 is 9.03 Å². The van der Waals surface area contributed by atoms with Crippen molar-refractivity contribution in [2.45, 2.75) is 33.6 Å². The van der Waals surface area contributed by atoms with Gasteiger partial charge in [0.25, 0.3) is 0 Å². The molecule has 0 unspecified atom stereocenters. The third kappa shape index (κ3) is 6.48. The first-order valence-electron chi connectivity index (χ1n) is 7.59. The minimum absolute atomic E-state index is 0.0481. The molecule has 0 saturated carbocycles. The van der Waals surface area contributed by atoms with Crippen LogP contribution in [-0.4, -0.2) is 41.9 Å². The highest BCUT2D eigenvalue weighted by Crippen LogP contribution is 2.23. The average Bonchev–Trinajstić information content (AvgIpc) is 2.43. The number of nitrogens with zero attached hydrogens (tertiary/aromatic N) is 1. The maximum Gasteiger partial charge on any atom is 0.232 e. The zero-order valence-corrected chi connectivity index (χ0v) is 15.8. The largest absolute Gasteiger partial charge is 0.269 e. The summed E-state index contributed by atoms with van der Waals surface area (Å²) in [6.45, 7) is 5.75. The Balaban J connectivity index is 2.88. The fraction of sp³-hybridized carbons (Fsp3) is 0.600. The van der Waals surface area contributed by atoms with Gasteiger partial charge in [-0.05, 0) is 37.5 Å². The van der Waals surface area contributed by atoms with Crippen molar-refractivity contribution in [2.75, 3.05) is 29.4 Å². The standard InChI is InChI=1S/C15H26N2O4S2/c1-5-6-11-23(20,21)16-9-10-17(22(4,18)19)15-12-13(2)7-8-14(15)3/h7-8,12,16H,5-6,9-11H2,1-4H3. The first-order chi connectivity index (χ1) is 10.6. The van der Waals surface area contributed by atoms with E-state index >= 15 is 0 Å². The highest BCUT2D eigenvalue weighted by atomic mass is 32.2. The molecule has 1 N–H and O–H groups in total. The molecular formula is C15H26N2O4S2. The molecule has 0 aromatic heterocycles. The molecule has 0 saturated heterocycles. The Kier molecular flexibility index (Phi) is 7.03. The van der Waals surface area contributed by atoms with E-state index in [4.69, 9.17) is 0 Å². The van der Waals surface area contributed by atoms with Gasteiger partial charge in [0.05, 0.1) is 17.7 Å². The summed E-state index contributed by atoms with van der Waals surface area (Å²) in [6.07, 6.45) is 2.50. The molecule has 0 aliphatic heterocycles. The zero-order chi connectivity index (χ0) is 17.7. The summed E-state index contributed by atoms with van der Waals surface area (Å²) in [5, 5.41) is 0. The van der Waals surface area contributed by atoms with Crippen LogP contribution >= 0.6 is 0 Å². The fourth-order valence-corrected chi connectivity index (χ4v) is 4.35. The Morgan fingerprint density at radius 3 is 2.35 bits per heavy atom. The second-order valence-electron chi connectivity index (χ2n) is 5.69. The van der Waals surface area contributed by atoms with E-state index in [1.807, 2.05) is 32.9 Å². The third-order valence-electron chi connectivity index (χ3n) is 3.44. The highest BCUT2D eigenvalue weighted by molar-refractivity contribution is 7.92. The van der Waals surface area contributed by atoms with Crippen LogP contribution in [0.25, 0.3) is 0 Å². The first-order valence-corrected chi connectivity index (χ1v) is 11.1. The smallest absolute Gasteiger partial charge is 0.232 e. The van der Waals surface area contributed by atoms with Crippen molar-refractivity contribution in [1.82, 2.24) is 4.72 Å². The molecule has 0 amide bonds. The molecule has 0 fully saturated rings. The number of nitrogens with one attached hydrogen (secondary N) is 1. The molecule has 0 radical (unpaired) electrons. The van der Waals surface area contributed by atoms with Crippen molar-refractivity contribution in [3.05, 3.63) is 29.3 Å². The Labute approximate surface area is 140 Å². The molecule has 23 heavy (non-hydrogen) atoms. The van der Waals surface area contributed by atoms with Crippen molar-refractivity contribution >= 4 is 25.7 Å². The van der Waals surface area contributed by atoms with E-state index in [2.05, 4.69) is 4.72 Å². The summed E-state index contributed by atoms with van der Waals surface area (Å²) in [5.41, 5.74) is 2.36. The van der Waals surface area contributed by atoms with E-state index in [1.54, 1.807) is 6.07 Å². The molecule has 0 aliphatic rings. The predicted molar refractivity (Wildman–Crippen MR) is 94.8 cm³/mol. The zero-order valence-electron chi connectivity index (χ0n) is 14.2. The Morgan fingerprint density at radius 1 is 1.13 bits per heavy atom. The van der Waals surface area contributed by atoms with Crippen LogP contribution in [0.1, 0.15) is 30.9 Å². The van der Waals surface area contributed by atoms with Gasteiger partial charge in [0.2, 0.25) is 20.0 Å². The van der Waals surface area contributed by atoms with E-state index in [1.165, 1.54) is 4.31 Å². The van der Waals surface area contributed by atoms with Gasteiger partial charge in [0, 0.05) is 13.1 Å². The van der Waals surface area contributed by atoms with Crippen molar-refractivity contribution in [3.63, 3.8) is 0 Å². The molecule has 1 rings (SSSR count). The Morgan fingerprint density at radius 2 is 1.78 bits per heavy atom. The first kappa shape index (κ1) is 19.9. The summed E-state index contributed by atoms with van der Waals surface area (Å²) < 4.78 is 51.5. The monoisotopic (exact) mass is 362 g/mol. The summed E-state index contributed by atoms with van der Waals surface area (Å²) in [6, 6.07) is 5.56. The third-order valence-corrected chi connectivity index (χ3v) is 6.09. The molecule has 0 bridgehead atoms. The van der Waals surface area contributed by atoms with Crippen LogP contribution in [-0.2, 0) is 20.0 Å². The van der Waals surface area contributed by atoms with E-state index in [9.17, 15) is 16.8 Å². The lowest BCUT2D eigenvalue weighted by Gasteiger charge is -2.24. The number of anilines is 1. The van der Waals surface area contributed by atoms with Gasteiger partial charge >= 0.3 is 0 Å². The second kappa shape index (κ2) is 8.12. The van der Waals surface area contributed by atoms with E-state index < -0.39 is 20.0 Å². The van der Waals surface area contributed by atoms with E-state index in [0.29, 0.717) is 12.1 Å². The molecule has 0 atom stereocenters. The number of hydrogen-bond acceptors (Lipinski definition) is 4. The number of unbranched alkanes of at least 4 members (excludes halogenated alkanes) is 1. The Hall–Kier alpha value is -1.12. The normalized spacial score (nSPS) is 12.3. The molecule has 6 nitrogen and oxygen atoms in total. The van der Waals surface area contributed by atoms with Gasteiger partial charge in [0.1, 0.15) is 0 Å². The van der Waals surface area contributed by atoms with Gasteiger partial charge in [-0.15, -0.1) is 0 Å². The molecule has 0 aliphatic carbocycles. The maximum absolute atomic E-state index is 12.1. The number of rotatable bonds is 9. The van der Waals surface area contributed by atoms with Crippen LogP contribution in [0, 0.1) is 13.8 Å². The SMILES string of the molecule is CCCCS(=O)(=O)NCCN(c1cc(C)ccc1C)S(C)(=O)=O. The van der Waals surface area contributed by atoms with Crippen molar-refractivity contribution < 1.29 is 16.8 Å². The summed E-state index contributed by atoms with van der Waals surface area (Å²) in [7, 11) is -6.85. The fourth-order valence-electron chi connectivity index (χ4n) is 2.16. The average molecular weight is 363 g/mol. The van der Waals surface area contributed by atoms with E-state index in [0.717, 1.165) is 23.8 Å². The van der Waals surface area contributed by atoms with Gasteiger partial charge in [-0.2, -0.15) is 0 Å². The lowest BCUT2D eigenvalue weighted by Crippen LogP contribution is -2.39. The minimum Gasteiger partial charge on any atom is -0.269 e. The van der Waals surface area contributed by atoms with Crippen molar-refractivity contribution in [1.29, 1.82) is 0 Å². The van der Waals surface area contributed by atoms with E-state index in [-0.39, 0.29) is 18.8 Å². The van der Waals surface area contributed by atoms with Crippen LogP contribution in [0.5, 0.6) is 0 Å². The lowest BCUT2D eigenvalue weighted by molar-refractivity contribution is 0.575. The molecule has 0 spiro atoms. The van der Waals surface area contributed by atoms with Crippen LogP contribution in [0.15, 0.2) is 18.2 Å². The minimum atomic E-state index is -3.49. The molecular weight excluding hydrogens is 336 g/mol. The highest BCUT2D eigenvalue weighted by Gasteiger charge is 2.20. The molecule has 8 heteroatoms. The molecule has 0 heterocycles. The van der Waals surface area contributed by atoms with Gasteiger partial charge in [-0.3, -0.25) is 4.31 Å². The number of aryl methyl sites for hydroxylation is 2. The molecule has 1 aromatic carbocycles. The molecule has 1 aromatic rings. The van der Waals surface area contributed by atoms with Crippen molar-refractivity contribution in [2.24, 2.45) is 0 Å². The summed E-state index contributed by atoms with van der Waals surface area (Å²) >= 11 is 0. The lowest BCUT2D eigenvalue weighted by atomic mass is 10.1. The summed E-state index contributed by atoms with van der Waals surface area (Å²) in [5.74, 6) is 0.0614. The van der Waals surface area contributed by atoms with Crippen molar-refractivity contribution in [3.8, 4) is 0 Å².